The molecule has 0 aromatic heterocycles. The average Bonchev–Trinajstić information content (AvgIpc) is 3.20. The first kappa shape index (κ1) is 31.2. The van der Waals surface area contributed by atoms with Crippen molar-refractivity contribution in [3.63, 3.8) is 0 Å². The first-order valence-electron chi connectivity index (χ1n) is 13.1. The van der Waals surface area contributed by atoms with Crippen molar-refractivity contribution in [3.8, 4) is 18.1 Å². The predicted octanol–water partition coefficient (Wildman–Crippen LogP) is 5.38. The number of likely N-dealkylation sites (N-methyl/N-ethyl adjacent to an activating group) is 1. The van der Waals surface area contributed by atoms with Gasteiger partial charge in [-0.3, -0.25) is 19.7 Å². The largest absolute Gasteiger partial charge is 0.476 e. The van der Waals surface area contributed by atoms with Gasteiger partial charge in [0.1, 0.15) is 11.6 Å². The van der Waals surface area contributed by atoms with Crippen molar-refractivity contribution in [2.45, 2.75) is 58.7 Å². The number of anilines is 2. The van der Waals surface area contributed by atoms with Crippen LogP contribution in [0.2, 0.25) is 5.02 Å². The van der Waals surface area contributed by atoms with Crippen LogP contribution in [0.3, 0.4) is 0 Å². The Bertz CT molecular complexity index is 1360. The van der Waals surface area contributed by atoms with Gasteiger partial charge in [-0.1, -0.05) is 35.7 Å². The standard InChI is InChI=1S/C18H15ClFNO3.C12H16N2O3/c1-3-10(2)24-16-9-15(14(20)8-13(16)19)21-17(22)11-6-4-5-7-12(11)18(21)23;1-3-13-11(15)9(2)17-12(16)14-10-7-5-4-6-8-10/h1,8-10H,4-7H2,2H3;4-9H,3H2,1-2H3,(H,13,15)(H,14,16). The Morgan fingerprint density at radius 2 is 1.71 bits per heavy atom. The molecule has 0 saturated heterocycles. The summed E-state index contributed by atoms with van der Waals surface area (Å²) in [6.07, 6.45) is 6.02. The summed E-state index contributed by atoms with van der Waals surface area (Å²) in [7, 11) is 0. The van der Waals surface area contributed by atoms with Gasteiger partial charge in [-0.05, 0) is 64.7 Å². The van der Waals surface area contributed by atoms with E-state index in [-0.39, 0.29) is 22.4 Å². The SMILES string of the molecule is C#CC(C)Oc1cc(N2C(=O)C3=C(CCCC3)C2=O)c(F)cc1Cl.CCNC(=O)C(C)OC(=O)Nc1ccccc1. The first-order valence-corrected chi connectivity index (χ1v) is 13.5. The van der Waals surface area contributed by atoms with Gasteiger partial charge in [-0.15, -0.1) is 6.42 Å². The summed E-state index contributed by atoms with van der Waals surface area (Å²) in [5, 5.41) is 5.12. The molecule has 0 fully saturated rings. The molecule has 2 N–H and O–H groups in total. The average molecular weight is 584 g/mol. The summed E-state index contributed by atoms with van der Waals surface area (Å²) in [4.78, 5) is 48.7. The van der Waals surface area contributed by atoms with Crippen molar-refractivity contribution < 1.29 is 33.0 Å². The minimum Gasteiger partial charge on any atom is -0.476 e. The number of nitrogens with one attached hydrogen (secondary N) is 2. The number of carbonyl (C=O) groups excluding carboxylic acids is 4. The molecule has 2 aliphatic rings. The molecule has 0 spiro atoms. The minimum absolute atomic E-state index is 0.0233. The van der Waals surface area contributed by atoms with E-state index in [0.717, 1.165) is 23.8 Å². The molecule has 1 aliphatic carbocycles. The number of rotatable bonds is 7. The van der Waals surface area contributed by atoms with Crippen LogP contribution in [0.4, 0.5) is 20.6 Å². The van der Waals surface area contributed by atoms with Gasteiger partial charge in [0.05, 0.1) is 10.7 Å². The van der Waals surface area contributed by atoms with E-state index in [1.807, 2.05) is 6.07 Å². The molecule has 1 aliphatic heterocycles. The minimum atomic E-state index is -0.807. The Labute approximate surface area is 243 Å². The summed E-state index contributed by atoms with van der Waals surface area (Å²) < 4.78 is 24.7. The molecule has 2 aromatic rings. The molecule has 216 valence electrons. The highest BCUT2D eigenvalue weighted by atomic mass is 35.5. The molecule has 4 rings (SSSR count). The summed E-state index contributed by atoms with van der Waals surface area (Å²) in [6.45, 7) is 5.46. The van der Waals surface area contributed by atoms with Crippen molar-refractivity contribution >= 4 is 46.8 Å². The van der Waals surface area contributed by atoms with Crippen molar-refractivity contribution in [2.75, 3.05) is 16.8 Å². The molecule has 2 unspecified atom stereocenters. The smallest absolute Gasteiger partial charge is 0.412 e. The topological polar surface area (TPSA) is 114 Å². The molecule has 2 atom stereocenters. The highest BCUT2D eigenvalue weighted by Gasteiger charge is 2.41. The van der Waals surface area contributed by atoms with E-state index in [1.54, 1.807) is 38.1 Å². The summed E-state index contributed by atoms with van der Waals surface area (Å²) in [5.41, 5.74) is 1.43. The number of imide groups is 1. The van der Waals surface area contributed by atoms with Crippen LogP contribution in [0.15, 0.2) is 53.6 Å². The molecular weight excluding hydrogens is 553 g/mol. The molecule has 0 saturated carbocycles. The highest BCUT2D eigenvalue weighted by Crippen LogP contribution is 2.39. The van der Waals surface area contributed by atoms with E-state index in [4.69, 9.17) is 27.5 Å². The second kappa shape index (κ2) is 14.3. The van der Waals surface area contributed by atoms with E-state index in [9.17, 15) is 23.6 Å². The maximum absolute atomic E-state index is 14.4. The lowest BCUT2D eigenvalue weighted by Gasteiger charge is -2.19. The molecular formula is C30H31ClFN3O6. The van der Waals surface area contributed by atoms with Crippen LogP contribution < -0.4 is 20.3 Å². The van der Waals surface area contributed by atoms with Gasteiger partial charge in [-0.25, -0.2) is 14.1 Å². The Hall–Kier alpha value is -4.36. The fourth-order valence-corrected chi connectivity index (χ4v) is 4.36. The van der Waals surface area contributed by atoms with Crippen molar-refractivity contribution in [3.05, 3.63) is 64.5 Å². The number of nitrogens with zero attached hydrogens (tertiary/aromatic N) is 1. The summed E-state index contributed by atoms with van der Waals surface area (Å²) >= 11 is 5.97. The quantitative estimate of drug-likeness (QED) is 0.334. The first-order chi connectivity index (χ1) is 19.6. The lowest BCUT2D eigenvalue weighted by molar-refractivity contribution is -0.128. The Kier molecular flexibility index (Phi) is 10.9. The number of amides is 4. The van der Waals surface area contributed by atoms with Gasteiger partial charge in [0.15, 0.2) is 12.2 Å². The Morgan fingerprint density at radius 3 is 2.27 bits per heavy atom. The number of para-hydroxylation sites is 1. The lowest BCUT2D eigenvalue weighted by Crippen LogP contribution is -2.36. The van der Waals surface area contributed by atoms with Crippen molar-refractivity contribution in [1.82, 2.24) is 5.32 Å². The molecule has 0 bridgehead atoms. The fourth-order valence-electron chi connectivity index (χ4n) is 4.16. The van der Waals surface area contributed by atoms with Crippen molar-refractivity contribution in [1.29, 1.82) is 0 Å². The zero-order valence-electron chi connectivity index (χ0n) is 23.0. The molecule has 9 nitrogen and oxygen atoms in total. The molecule has 4 amide bonds. The molecule has 41 heavy (non-hydrogen) atoms. The van der Waals surface area contributed by atoms with E-state index in [0.29, 0.717) is 36.2 Å². The van der Waals surface area contributed by atoms with Crippen LogP contribution in [-0.2, 0) is 19.1 Å². The van der Waals surface area contributed by atoms with E-state index >= 15 is 0 Å². The fraction of sp³-hybridized carbons (Fsp3) is 0.333. The maximum Gasteiger partial charge on any atom is 0.412 e. The third kappa shape index (κ3) is 7.86. The van der Waals surface area contributed by atoms with Crippen LogP contribution in [0.25, 0.3) is 0 Å². The zero-order valence-corrected chi connectivity index (χ0v) is 23.7. The second-order valence-electron chi connectivity index (χ2n) is 9.20. The van der Waals surface area contributed by atoms with Crippen LogP contribution in [-0.4, -0.2) is 42.6 Å². The van der Waals surface area contributed by atoms with Gasteiger partial charge in [0, 0.05) is 29.4 Å². The molecule has 1 heterocycles. The van der Waals surface area contributed by atoms with Crippen LogP contribution in [0, 0.1) is 18.2 Å². The molecule has 2 aromatic carbocycles. The van der Waals surface area contributed by atoms with Crippen molar-refractivity contribution in [2.24, 2.45) is 0 Å². The van der Waals surface area contributed by atoms with Crippen LogP contribution in [0.5, 0.6) is 5.75 Å². The van der Waals surface area contributed by atoms with E-state index in [1.165, 1.54) is 13.0 Å². The number of hydrogen-bond donors (Lipinski definition) is 2. The molecule has 11 heteroatoms. The van der Waals surface area contributed by atoms with Crippen LogP contribution in [0.1, 0.15) is 46.5 Å². The number of benzene rings is 2. The number of carbonyl (C=O) groups is 4. The number of halogens is 2. The van der Waals surface area contributed by atoms with E-state index < -0.39 is 35.9 Å². The monoisotopic (exact) mass is 583 g/mol. The summed E-state index contributed by atoms with van der Waals surface area (Å²) in [6, 6.07) is 11.2. The van der Waals surface area contributed by atoms with Gasteiger partial charge in [0.25, 0.3) is 17.7 Å². The zero-order chi connectivity index (χ0) is 30.1. The molecule has 0 radical (unpaired) electrons. The van der Waals surface area contributed by atoms with Gasteiger partial charge < -0.3 is 14.8 Å². The summed E-state index contributed by atoms with van der Waals surface area (Å²) in [5.74, 6) is 0.498. The Balaban J connectivity index is 0.000000241. The third-order valence-corrected chi connectivity index (χ3v) is 6.49. The number of ether oxygens (including phenoxy) is 2. The maximum atomic E-state index is 14.4. The Morgan fingerprint density at radius 1 is 1.10 bits per heavy atom. The number of terminal acetylenes is 1. The van der Waals surface area contributed by atoms with Gasteiger partial charge in [0.2, 0.25) is 0 Å². The van der Waals surface area contributed by atoms with Gasteiger partial charge >= 0.3 is 6.09 Å². The highest BCUT2D eigenvalue weighted by molar-refractivity contribution is 6.34. The normalized spacial score (nSPS) is 15.6. The third-order valence-electron chi connectivity index (χ3n) is 6.20. The number of hydrogen-bond acceptors (Lipinski definition) is 6. The lowest BCUT2D eigenvalue weighted by atomic mass is 9.93. The second-order valence-corrected chi connectivity index (χ2v) is 9.61. The van der Waals surface area contributed by atoms with Gasteiger partial charge in [-0.2, -0.15) is 0 Å². The van der Waals surface area contributed by atoms with E-state index in [2.05, 4.69) is 16.6 Å². The van der Waals surface area contributed by atoms with Crippen LogP contribution >= 0.6 is 11.6 Å². The predicted molar refractivity (Wildman–Crippen MR) is 153 cm³/mol.